The van der Waals surface area contributed by atoms with Gasteiger partial charge in [0.2, 0.25) is 0 Å². The first-order valence-electron chi connectivity index (χ1n) is 6.80. The molecule has 1 aromatic carbocycles. The number of benzene rings is 1. The number of hydrogen-bond acceptors (Lipinski definition) is 3. The Morgan fingerprint density at radius 1 is 1.41 bits per heavy atom. The van der Waals surface area contributed by atoms with Gasteiger partial charge in [0.05, 0.1) is 18.2 Å². The van der Waals surface area contributed by atoms with Crippen molar-refractivity contribution in [1.29, 1.82) is 0 Å². The zero-order valence-corrected chi connectivity index (χ0v) is 14.3. The highest BCUT2D eigenvalue weighted by Gasteiger charge is 2.33. The molecule has 0 spiro atoms. The van der Waals surface area contributed by atoms with Crippen molar-refractivity contribution in [3.63, 3.8) is 0 Å². The highest BCUT2D eigenvalue weighted by atomic mass is 79.9. The number of nitrogens with one attached hydrogen (secondary N) is 2. The molecule has 22 heavy (non-hydrogen) atoms. The van der Waals surface area contributed by atoms with Gasteiger partial charge in [-0.2, -0.15) is 0 Å². The maximum absolute atomic E-state index is 12.4. The fourth-order valence-corrected chi connectivity index (χ4v) is 2.83. The average molecular weight is 388 g/mol. The van der Waals surface area contributed by atoms with Gasteiger partial charge in [-0.15, -0.1) is 11.6 Å². The van der Waals surface area contributed by atoms with Crippen LogP contribution in [0.3, 0.4) is 0 Å². The Balaban J connectivity index is 2.33. The third kappa shape index (κ3) is 3.81. The lowest BCUT2D eigenvalue weighted by Crippen LogP contribution is -2.45. The number of allylic oxidation sites excluding steroid dienone is 1. The van der Waals surface area contributed by atoms with Crippen LogP contribution < -0.4 is 10.6 Å². The number of carbonyl (C=O) groups is 2. The molecule has 7 heteroatoms. The number of alkyl halides is 1. The predicted octanol–water partition coefficient (Wildman–Crippen LogP) is 3.25. The second-order valence-electron chi connectivity index (χ2n) is 4.77. The Kier molecular flexibility index (Phi) is 5.85. The summed E-state index contributed by atoms with van der Waals surface area (Å²) in [6, 6.07) is 6.50. The molecule has 1 aromatic rings. The van der Waals surface area contributed by atoms with E-state index in [1.807, 2.05) is 24.3 Å². The summed E-state index contributed by atoms with van der Waals surface area (Å²) >= 11 is 9.03. The first-order chi connectivity index (χ1) is 10.5. The third-order valence-corrected chi connectivity index (χ3v) is 4.21. The number of amides is 2. The van der Waals surface area contributed by atoms with Gasteiger partial charge in [-0.3, -0.25) is 0 Å². The normalized spacial score (nSPS) is 17.8. The molecule has 1 aliphatic heterocycles. The number of halogens is 2. The molecule has 1 heterocycles. The summed E-state index contributed by atoms with van der Waals surface area (Å²) in [5.41, 5.74) is 1.67. The smallest absolute Gasteiger partial charge is 0.338 e. The monoisotopic (exact) mass is 386 g/mol. The molecule has 0 aliphatic carbocycles. The second-order valence-corrected chi connectivity index (χ2v) is 6.00. The molecule has 0 aromatic heterocycles. The van der Waals surface area contributed by atoms with Crippen LogP contribution in [0, 0.1) is 0 Å². The van der Waals surface area contributed by atoms with Crippen molar-refractivity contribution in [2.75, 3.05) is 12.5 Å². The van der Waals surface area contributed by atoms with Crippen molar-refractivity contribution in [1.82, 2.24) is 10.6 Å². The van der Waals surface area contributed by atoms with Crippen LogP contribution in [-0.4, -0.2) is 24.5 Å². The summed E-state index contributed by atoms with van der Waals surface area (Å²) in [5.74, 6) is -0.0376. The number of urea groups is 1. The minimum absolute atomic E-state index is 0.246. The third-order valence-electron chi connectivity index (χ3n) is 3.22. The summed E-state index contributed by atoms with van der Waals surface area (Å²) < 4.78 is 6.04. The van der Waals surface area contributed by atoms with Gasteiger partial charge >= 0.3 is 12.0 Å². The minimum atomic E-state index is -0.562. The zero-order chi connectivity index (χ0) is 16.1. The summed E-state index contributed by atoms with van der Waals surface area (Å²) in [6.45, 7) is 1.93. The highest BCUT2D eigenvalue weighted by molar-refractivity contribution is 9.10. The molecule has 2 N–H and O–H groups in total. The first kappa shape index (κ1) is 16.8. The molecule has 0 unspecified atom stereocenters. The maximum Gasteiger partial charge on any atom is 0.338 e. The van der Waals surface area contributed by atoms with E-state index in [-0.39, 0.29) is 12.6 Å². The molecule has 0 radical (unpaired) electrons. The molecule has 0 saturated heterocycles. The van der Waals surface area contributed by atoms with Crippen LogP contribution >= 0.6 is 27.5 Å². The van der Waals surface area contributed by atoms with Crippen molar-refractivity contribution in [2.45, 2.75) is 19.4 Å². The summed E-state index contributed by atoms with van der Waals surface area (Å²) in [7, 11) is 0. The standard InChI is InChI=1S/C15H16BrClN2O3/c1-9-12(14(20)22-8-4-7-17)13(19-15(21)18-9)10-5-2-3-6-11(10)16/h2-3,5-6,13H,4,7-8H2,1H3,(H2,18,19,21)/t13-/m0/s1. The molecule has 0 fully saturated rings. The Morgan fingerprint density at radius 2 is 2.14 bits per heavy atom. The zero-order valence-electron chi connectivity index (χ0n) is 12.0. The van der Waals surface area contributed by atoms with Crippen LogP contribution in [-0.2, 0) is 9.53 Å². The number of ether oxygens (including phenoxy) is 1. The predicted molar refractivity (Wildman–Crippen MR) is 87.5 cm³/mol. The van der Waals surface area contributed by atoms with Gasteiger partial charge < -0.3 is 15.4 Å². The van der Waals surface area contributed by atoms with Crippen molar-refractivity contribution >= 4 is 39.5 Å². The van der Waals surface area contributed by atoms with E-state index in [4.69, 9.17) is 16.3 Å². The fraction of sp³-hybridized carbons (Fsp3) is 0.333. The highest BCUT2D eigenvalue weighted by Crippen LogP contribution is 2.32. The molecule has 118 valence electrons. The molecule has 2 rings (SSSR count). The molecular formula is C15H16BrClN2O3. The van der Waals surface area contributed by atoms with E-state index >= 15 is 0 Å². The van der Waals surface area contributed by atoms with Gasteiger partial charge in [0.25, 0.3) is 0 Å². The van der Waals surface area contributed by atoms with Crippen LogP contribution in [0.2, 0.25) is 0 Å². The molecule has 1 atom stereocenters. The van der Waals surface area contributed by atoms with Crippen LogP contribution in [0.5, 0.6) is 0 Å². The number of rotatable bonds is 5. The van der Waals surface area contributed by atoms with Crippen LogP contribution in [0.4, 0.5) is 4.79 Å². The van der Waals surface area contributed by atoms with E-state index in [1.54, 1.807) is 6.92 Å². The molecule has 0 bridgehead atoms. The SMILES string of the molecule is CC1=C(C(=O)OCCCCl)[C@H](c2ccccc2Br)NC(=O)N1. The first-order valence-corrected chi connectivity index (χ1v) is 8.13. The number of hydrogen-bond donors (Lipinski definition) is 2. The van der Waals surface area contributed by atoms with Gasteiger partial charge in [-0.1, -0.05) is 34.1 Å². The molecule has 1 aliphatic rings. The lowest BCUT2D eigenvalue weighted by molar-refractivity contribution is -0.139. The van der Waals surface area contributed by atoms with Gasteiger partial charge in [0.1, 0.15) is 0 Å². The van der Waals surface area contributed by atoms with E-state index in [1.165, 1.54) is 0 Å². The van der Waals surface area contributed by atoms with Crippen molar-refractivity contribution in [3.8, 4) is 0 Å². The van der Waals surface area contributed by atoms with Gasteiger partial charge in [-0.05, 0) is 25.0 Å². The summed E-state index contributed by atoms with van der Waals surface area (Å²) in [5, 5.41) is 5.37. The van der Waals surface area contributed by atoms with Crippen molar-refractivity contribution in [2.24, 2.45) is 0 Å². The fourth-order valence-electron chi connectivity index (χ4n) is 2.20. The minimum Gasteiger partial charge on any atom is -0.462 e. The van der Waals surface area contributed by atoms with Gasteiger partial charge in [0.15, 0.2) is 0 Å². The summed E-state index contributed by atoms with van der Waals surface area (Å²) in [6.07, 6.45) is 0.582. The Bertz CT molecular complexity index is 619. The second kappa shape index (κ2) is 7.65. The topological polar surface area (TPSA) is 67.4 Å². The van der Waals surface area contributed by atoms with Gasteiger partial charge in [0, 0.05) is 16.0 Å². The lowest BCUT2D eigenvalue weighted by atomic mass is 9.95. The van der Waals surface area contributed by atoms with Gasteiger partial charge in [-0.25, -0.2) is 9.59 Å². The maximum atomic E-state index is 12.4. The van der Waals surface area contributed by atoms with Crippen LogP contribution in [0.25, 0.3) is 0 Å². The Labute approximate surface area is 142 Å². The average Bonchev–Trinajstić information content (AvgIpc) is 2.47. The summed E-state index contributed by atoms with van der Waals surface area (Å²) in [4.78, 5) is 24.1. The van der Waals surface area contributed by atoms with Crippen molar-refractivity contribution in [3.05, 3.63) is 45.6 Å². The van der Waals surface area contributed by atoms with E-state index < -0.39 is 12.0 Å². The van der Waals surface area contributed by atoms with E-state index in [9.17, 15) is 9.59 Å². The van der Waals surface area contributed by atoms with E-state index in [0.29, 0.717) is 23.6 Å². The molecular weight excluding hydrogens is 372 g/mol. The largest absolute Gasteiger partial charge is 0.462 e. The number of esters is 1. The number of carbonyl (C=O) groups excluding carboxylic acids is 2. The van der Waals surface area contributed by atoms with Crippen LogP contribution in [0.1, 0.15) is 24.9 Å². The Hall–Kier alpha value is -1.53. The van der Waals surface area contributed by atoms with E-state index in [0.717, 1.165) is 10.0 Å². The van der Waals surface area contributed by atoms with Crippen LogP contribution in [0.15, 0.2) is 40.0 Å². The quantitative estimate of drug-likeness (QED) is 0.463. The Morgan fingerprint density at radius 3 is 2.82 bits per heavy atom. The van der Waals surface area contributed by atoms with Crippen molar-refractivity contribution < 1.29 is 14.3 Å². The molecule has 2 amide bonds. The molecule has 5 nitrogen and oxygen atoms in total. The molecule has 0 saturated carbocycles. The van der Waals surface area contributed by atoms with E-state index in [2.05, 4.69) is 26.6 Å². The lowest BCUT2D eigenvalue weighted by Gasteiger charge is -2.28.